The van der Waals surface area contributed by atoms with Crippen LogP contribution in [0.2, 0.25) is 0 Å². The third-order valence-corrected chi connectivity index (χ3v) is 4.08. The molecule has 1 fully saturated rings. The summed E-state index contributed by atoms with van der Waals surface area (Å²) in [5, 5.41) is 0. The molecule has 0 radical (unpaired) electrons. The van der Waals surface area contributed by atoms with Crippen molar-refractivity contribution < 1.29 is 18.9 Å². The van der Waals surface area contributed by atoms with Crippen LogP contribution in [-0.2, 0) is 4.74 Å². The summed E-state index contributed by atoms with van der Waals surface area (Å²) in [6.45, 7) is 0.746. The molecule has 112 valence electrons. The summed E-state index contributed by atoms with van der Waals surface area (Å²) >= 11 is 6.08. The van der Waals surface area contributed by atoms with Crippen LogP contribution in [0.5, 0.6) is 17.2 Å². The van der Waals surface area contributed by atoms with Crippen molar-refractivity contribution in [1.29, 1.82) is 0 Å². The van der Waals surface area contributed by atoms with E-state index in [1.165, 1.54) is 0 Å². The lowest BCUT2D eigenvalue weighted by Gasteiger charge is -2.32. The highest BCUT2D eigenvalue weighted by Crippen LogP contribution is 2.46. The maximum atomic E-state index is 6.08. The zero-order valence-corrected chi connectivity index (χ0v) is 12.9. The van der Waals surface area contributed by atoms with Crippen LogP contribution >= 0.6 is 11.6 Å². The van der Waals surface area contributed by atoms with Gasteiger partial charge < -0.3 is 18.9 Å². The van der Waals surface area contributed by atoms with Crippen molar-refractivity contribution in [2.24, 2.45) is 5.92 Å². The first kappa shape index (κ1) is 15.3. The summed E-state index contributed by atoms with van der Waals surface area (Å²) < 4.78 is 22.2. The molecule has 0 spiro atoms. The number of hydrogen-bond donors (Lipinski definition) is 0. The molecule has 5 heteroatoms. The van der Waals surface area contributed by atoms with Crippen molar-refractivity contribution in [2.45, 2.75) is 18.9 Å². The zero-order chi connectivity index (χ0) is 14.5. The maximum absolute atomic E-state index is 6.08. The molecule has 1 aliphatic rings. The Labute approximate surface area is 124 Å². The van der Waals surface area contributed by atoms with Gasteiger partial charge in [-0.25, -0.2) is 0 Å². The Morgan fingerprint density at radius 1 is 1.15 bits per heavy atom. The lowest BCUT2D eigenvalue weighted by atomic mass is 9.90. The Balaban J connectivity index is 2.44. The van der Waals surface area contributed by atoms with Gasteiger partial charge in [0.15, 0.2) is 11.5 Å². The number of ether oxygens (including phenoxy) is 4. The smallest absolute Gasteiger partial charge is 0.203 e. The molecule has 1 heterocycles. The second-order valence-corrected chi connectivity index (χ2v) is 5.08. The third kappa shape index (κ3) is 2.81. The quantitative estimate of drug-likeness (QED) is 0.781. The molecule has 0 N–H and O–H groups in total. The molecule has 2 unspecified atom stereocenters. The van der Waals surface area contributed by atoms with E-state index in [1.54, 1.807) is 21.3 Å². The van der Waals surface area contributed by atoms with E-state index in [2.05, 4.69) is 0 Å². The van der Waals surface area contributed by atoms with Crippen molar-refractivity contribution in [2.75, 3.05) is 33.8 Å². The number of methoxy groups -OCH3 is 3. The zero-order valence-electron chi connectivity index (χ0n) is 12.1. The van der Waals surface area contributed by atoms with Crippen molar-refractivity contribution >= 4 is 11.6 Å². The minimum absolute atomic E-state index is 0.0593. The fourth-order valence-corrected chi connectivity index (χ4v) is 3.01. The van der Waals surface area contributed by atoms with Crippen LogP contribution in [0.1, 0.15) is 24.5 Å². The number of alkyl halides is 1. The second kappa shape index (κ2) is 7.04. The largest absolute Gasteiger partial charge is 0.493 e. The van der Waals surface area contributed by atoms with Crippen LogP contribution in [0, 0.1) is 5.92 Å². The molecule has 0 saturated carbocycles. The first-order valence-electron chi connectivity index (χ1n) is 6.73. The monoisotopic (exact) mass is 300 g/mol. The fraction of sp³-hybridized carbons (Fsp3) is 0.600. The summed E-state index contributed by atoms with van der Waals surface area (Å²) in [7, 11) is 4.83. The Hall–Kier alpha value is -1.13. The molecule has 0 aliphatic carbocycles. The van der Waals surface area contributed by atoms with Gasteiger partial charge in [-0.05, 0) is 25.0 Å². The van der Waals surface area contributed by atoms with Gasteiger partial charge in [0.25, 0.3) is 0 Å². The molecule has 1 aromatic rings. The molecule has 2 rings (SSSR count). The minimum atomic E-state index is -0.0593. The predicted molar refractivity (Wildman–Crippen MR) is 78.2 cm³/mol. The van der Waals surface area contributed by atoms with Gasteiger partial charge in [0.05, 0.1) is 27.4 Å². The van der Waals surface area contributed by atoms with E-state index in [0.717, 1.165) is 25.0 Å². The topological polar surface area (TPSA) is 36.9 Å². The number of halogens is 1. The highest BCUT2D eigenvalue weighted by atomic mass is 35.5. The molecule has 0 aromatic heterocycles. The van der Waals surface area contributed by atoms with E-state index in [9.17, 15) is 0 Å². The molecule has 2 atom stereocenters. The Morgan fingerprint density at radius 2 is 1.90 bits per heavy atom. The molecular formula is C15H21ClO4. The van der Waals surface area contributed by atoms with E-state index >= 15 is 0 Å². The molecule has 0 bridgehead atoms. The summed E-state index contributed by atoms with van der Waals surface area (Å²) in [5.41, 5.74) is 0.968. The number of rotatable bonds is 5. The molecule has 1 saturated heterocycles. The summed E-state index contributed by atoms with van der Waals surface area (Å²) in [6, 6.07) is 3.84. The highest BCUT2D eigenvalue weighted by molar-refractivity contribution is 6.18. The van der Waals surface area contributed by atoms with E-state index in [0.29, 0.717) is 23.1 Å². The average molecular weight is 301 g/mol. The van der Waals surface area contributed by atoms with Gasteiger partial charge in [-0.2, -0.15) is 0 Å². The average Bonchev–Trinajstić information content (AvgIpc) is 2.53. The number of benzene rings is 1. The van der Waals surface area contributed by atoms with Crippen LogP contribution < -0.4 is 14.2 Å². The fourth-order valence-electron chi connectivity index (χ4n) is 2.69. The second-order valence-electron chi connectivity index (χ2n) is 4.77. The van der Waals surface area contributed by atoms with E-state index in [4.69, 9.17) is 30.5 Å². The SMILES string of the molecule is COc1ccc(C2OCCCC2CCl)c(OC)c1OC. The van der Waals surface area contributed by atoms with Gasteiger partial charge in [-0.3, -0.25) is 0 Å². The molecule has 20 heavy (non-hydrogen) atoms. The predicted octanol–water partition coefficient (Wildman–Crippen LogP) is 3.42. The first-order chi connectivity index (χ1) is 9.76. The Morgan fingerprint density at radius 3 is 2.50 bits per heavy atom. The van der Waals surface area contributed by atoms with Crippen LogP contribution in [0.25, 0.3) is 0 Å². The highest BCUT2D eigenvalue weighted by Gasteiger charge is 2.31. The van der Waals surface area contributed by atoms with E-state index < -0.39 is 0 Å². The van der Waals surface area contributed by atoms with Crippen LogP contribution in [0.15, 0.2) is 12.1 Å². The van der Waals surface area contributed by atoms with E-state index in [1.807, 2.05) is 12.1 Å². The van der Waals surface area contributed by atoms with Crippen molar-refractivity contribution in [3.05, 3.63) is 17.7 Å². The summed E-state index contributed by atoms with van der Waals surface area (Å²) in [4.78, 5) is 0. The summed E-state index contributed by atoms with van der Waals surface area (Å²) in [6.07, 6.45) is 2.05. The number of hydrogen-bond acceptors (Lipinski definition) is 4. The molecule has 4 nitrogen and oxygen atoms in total. The molecule has 0 amide bonds. The Bertz CT molecular complexity index is 450. The van der Waals surface area contributed by atoms with Gasteiger partial charge in [0, 0.05) is 24.0 Å². The van der Waals surface area contributed by atoms with Gasteiger partial charge in [-0.1, -0.05) is 0 Å². The van der Waals surface area contributed by atoms with Crippen molar-refractivity contribution in [3.63, 3.8) is 0 Å². The molecular weight excluding hydrogens is 280 g/mol. The maximum Gasteiger partial charge on any atom is 0.203 e. The molecule has 1 aromatic carbocycles. The normalized spacial score (nSPS) is 22.4. The van der Waals surface area contributed by atoms with Crippen LogP contribution in [-0.4, -0.2) is 33.8 Å². The van der Waals surface area contributed by atoms with Crippen LogP contribution in [0.4, 0.5) is 0 Å². The van der Waals surface area contributed by atoms with Gasteiger partial charge in [0.1, 0.15) is 0 Å². The minimum Gasteiger partial charge on any atom is -0.493 e. The molecule has 1 aliphatic heterocycles. The van der Waals surface area contributed by atoms with Crippen LogP contribution in [0.3, 0.4) is 0 Å². The van der Waals surface area contributed by atoms with Crippen molar-refractivity contribution in [1.82, 2.24) is 0 Å². The standard InChI is InChI=1S/C15H21ClO4/c1-17-12-7-6-11(14(18-2)15(12)19-3)13-10(9-16)5-4-8-20-13/h6-7,10,13H,4-5,8-9H2,1-3H3. The van der Waals surface area contributed by atoms with Crippen molar-refractivity contribution in [3.8, 4) is 17.2 Å². The Kier molecular flexibility index (Phi) is 5.38. The van der Waals surface area contributed by atoms with E-state index in [-0.39, 0.29) is 12.0 Å². The lowest BCUT2D eigenvalue weighted by molar-refractivity contribution is -0.0221. The summed E-state index contributed by atoms with van der Waals surface area (Å²) in [5.74, 6) is 2.76. The first-order valence-corrected chi connectivity index (χ1v) is 7.26. The third-order valence-electron chi connectivity index (χ3n) is 3.68. The lowest BCUT2D eigenvalue weighted by Crippen LogP contribution is -2.24. The van der Waals surface area contributed by atoms with Gasteiger partial charge in [0.2, 0.25) is 5.75 Å². The van der Waals surface area contributed by atoms with Gasteiger partial charge >= 0.3 is 0 Å². The van der Waals surface area contributed by atoms with Gasteiger partial charge in [-0.15, -0.1) is 11.6 Å².